The fraction of sp³-hybridized carbons (Fsp3) is 0.0435. The summed E-state index contributed by atoms with van der Waals surface area (Å²) in [5.41, 5.74) is 4.78. The molecule has 1 N–H and O–H groups in total. The number of oxime groups is 1. The number of aryl methyl sites for hydroxylation is 1. The van der Waals surface area contributed by atoms with Crippen LogP contribution in [0.1, 0.15) is 21.7 Å². The molecular formula is C23H18N2O2. The van der Waals surface area contributed by atoms with Crippen molar-refractivity contribution in [2.45, 2.75) is 6.92 Å². The number of carbonyl (C=O) groups excluding carboxylic acids is 1. The van der Waals surface area contributed by atoms with Gasteiger partial charge in [-0.15, -0.1) is 0 Å². The number of ketones is 1. The molecule has 132 valence electrons. The molecule has 0 aliphatic carbocycles. The number of fused-ring (bicyclic) bond motifs is 1. The Morgan fingerprint density at radius 3 is 2.22 bits per heavy atom. The number of carbonyl (C=O) groups is 1. The van der Waals surface area contributed by atoms with E-state index in [-0.39, 0.29) is 11.5 Å². The Kier molecular flexibility index (Phi) is 4.30. The van der Waals surface area contributed by atoms with Crippen LogP contribution in [-0.4, -0.2) is 21.1 Å². The molecule has 0 fully saturated rings. The van der Waals surface area contributed by atoms with Gasteiger partial charge in [0.15, 0.2) is 5.71 Å². The first kappa shape index (κ1) is 16.8. The maximum atomic E-state index is 13.1. The molecule has 4 nitrogen and oxygen atoms in total. The largest absolute Gasteiger partial charge is 0.410 e. The second-order valence-corrected chi connectivity index (χ2v) is 6.34. The number of Topliss-reactive ketones (excluding diaryl/α,β-unsaturated/α-hetero) is 1. The molecule has 0 bridgehead atoms. The molecule has 4 aromatic rings. The number of benzene rings is 2. The maximum absolute atomic E-state index is 13.1. The van der Waals surface area contributed by atoms with Gasteiger partial charge in [-0.1, -0.05) is 71.9 Å². The van der Waals surface area contributed by atoms with Crippen molar-refractivity contribution in [3.05, 3.63) is 102 Å². The Labute approximate surface area is 157 Å². The fourth-order valence-corrected chi connectivity index (χ4v) is 3.39. The summed E-state index contributed by atoms with van der Waals surface area (Å²) in [7, 11) is 0. The molecule has 0 unspecified atom stereocenters. The lowest BCUT2D eigenvalue weighted by molar-refractivity contribution is 0.106. The van der Waals surface area contributed by atoms with Crippen LogP contribution in [0.3, 0.4) is 0 Å². The van der Waals surface area contributed by atoms with Gasteiger partial charge in [0.25, 0.3) is 0 Å². The van der Waals surface area contributed by atoms with Crippen LogP contribution >= 0.6 is 0 Å². The minimum Gasteiger partial charge on any atom is -0.410 e. The summed E-state index contributed by atoms with van der Waals surface area (Å²) >= 11 is 0. The number of hydrogen-bond donors (Lipinski definition) is 1. The zero-order valence-electron chi connectivity index (χ0n) is 14.8. The highest BCUT2D eigenvalue weighted by atomic mass is 16.4. The predicted molar refractivity (Wildman–Crippen MR) is 107 cm³/mol. The molecule has 0 atom stereocenters. The van der Waals surface area contributed by atoms with Gasteiger partial charge in [0, 0.05) is 22.3 Å². The van der Waals surface area contributed by atoms with Crippen LogP contribution in [-0.2, 0) is 0 Å². The number of aromatic nitrogens is 1. The van der Waals surface area contributed by atoms with Gasteiger partial charge in [0.2, 0.25) is 5.78 Å². The predicted octanol–water partition coefficient (Wildman–Crippen LogP) is 4.98. The first-order valence-electron chi connectivity index (χ1n) is 8.69. The molecule has 4 rings (SSSR count). The van der Waals surface area contributed by atoms with Gasteiger partial charge < -0.3 is 9.61 Å². The molecule has 27 heavy (non-hydrogen) atoms. The second-order valence-electron chi connectivity index (χ2n) is 6.34. The Bertz CT molecular complexity index is 1140. The van der Waals surface area contributed by atoms with E-state index in [1.165, 1.54) is 0 Å². The Morgan fingerprint density at radius 2 is 1.56 bits per heavy atom. The highest BCUT2D eigenvalue weighted by Crippen LogP contribution is 2.30. The third-order valence-corrected chi connectivity index (χ3v) is 4.65. The van der Waals surface area contributed by atoms with Gasteiger partial charge in [-0.3, -0.25) is 4.79 Å². The fourth-order valence-electron chi connectivity index (χ4n) is 3.39. The topological polar surface area (TPSA) is 54.1 Å². The van der Waals surface area contributed by atoms with Crippen LogP contribution in [0.5, 0.6) is 0 Å². The molecule has 0 saturated carbocycles. The van der Waals surface area contributed by atoms with Crippen LogP contribution in [0.15, 0.2) is 90.1 Å². The number of rotatable bonds is 4. The minimum atomic E-state index is -0.321. The van der Waals surface area contributed by atoms with E-state index in [0.29, 0.717) is 11.3 Å². The summed E-state index contributed by atoms with van der Waals surface area (Å²) in [6, 6.07) is 26.6. The molecule has 4 heteroatoms. The highest BCUT2D eigenvalue weighted by molar-refractivity contribution is 6.52. The molecule has 0 aliphatic heterocycles. The number of pyridine rings is 1. The SMILES string of the molecule is Cc1cccc2cc(-c3ccccc3)c(C(=NO)C(=O)c3ccccc3)n12. The van der Waals surface area contributed by atoms with Gasteiger partial charge in [-0.2, -0.15) is 0 Å². The van der Waals surface area contributed by atoms with Crippen molar-refractivity contribution in [3.8, 4) is 11.1 Å². The summed E-state index contributed by atoms with van der Waals surface area (Å²) < 4.78 is 1.96. The van der Waals surface area contributed by atoms with Gasteiger partial charge in [-0.05, 0) is 30.7 Å². The summed E-state index contributed by atoms with van der Waals surface area (Å²) in [5.74, 6) is -0.321. The molecule has 0 amide bonds. The van der Waals surface area contributed by atoms with E-state index < -0.39 is 0 Å². The van der Waals surface area contributed by atoms with E-state index in [9.17, 15) is 10.0 Å². The summed E-state index contributed by atoms with van der Waals surface area (Å²) in [6.45, 7) is 1.97. The lowest BCUT2D eigenvalue weighted by Crippen LogP contribution is -2.19. The van der Waals surface area contributed by atoms with Crippen LogP contribution < -0.4 is 0 Å². The lowest BCUT2D eigenvalue weighted by atomic mass is 9.98. The van der Waals surface area contributed by atoms with Crippen LogP contribution in [0, 0.1) is 6.92 Å². The van der Waals surface area contributed by atoms with Crippen molar-refractivity contribution in [1.82, 2.24) is 4.40 Å². The average Bonchev–Trinajstić information content (AvgIpc) is 3.11. The standard InChI is InChI=1S/C23H18N2O2/c1-16-9-8-14-19-15-20(17-10-4-2-5-11-17)22(25(16)19)21(24-27)23(26)18-12-6-3-7-13-18/h2-15,27H,1H3. The van der Waals surface area contributed by atoms with Crippen LogP contribution in [0.2, 0.25) is 0 Å². The van der Waals surface area contributed by atoms with Crippen molar-refractivity contribution < 1.29 is 10.0 Å². The Hall–Kier alpha value is -3.66. The summed E-state index contributed by atoms with van der Waals surface area (Å²) in [6.07, 6.45) is 0. The monoisotopic (exact) mass is 354 g/mol. The summed E-state index contributed by atoms with van der Waals surface area (Å²) in [4.78, 5) is 13.1. The first-order valence-corrected chi connectivity index (χ1v) is 8.69. The van der Waals surface area contributed by atoms with E-state index in [2.05, 4.69) is 5.16 Å². The zero-order chi connectivity index (χ0) is 18.8. The normalized spacial score (nSPS) is 11.7. The molecule has 2 aromatic heterocycles. The third kappa shape index (κ3) is 2.91. The molecule has 0 radical (unpaired) electrons. The molecule has 0 aliphatic rings. The summed E-state index contributed by atoms with van der Waals surface area (Å²) in [5, 5.41) is 13.2. The van der Waals surface area contributed by atoms with Crippen molar-refractivity contribution in [2.24, 2.45) is 5.16 Å². The smallest absolute Gasteiger partial charge is 0.216 e. The Balaban J connectivity index is 2.00. The zero-order valence-corrected chi connectivity index (χ0v) is 14.8. The minimum absolute atomic E-state index is 0.0225. The second kappa shape index (κ2) is 6.92. The highest BCUT2D eigenvalue weighted by Gasteiger charge is 2.25. The van der Waals surface area contributed by atoms with Gasteiger partial charge >= 0.3 is 0 Å². The van der Waals surface area contributed by atoms with Crippen LogP contribution in [0.25, 0.3) is 16.6 Å². The van der Waals surface area contributed by atoms with Crippen LogP contribution in [0.4, 0.5) is 0 Å². The van der Waals surface area contributed by atoms with E-state index >= 15 is 0 Å². The molecule has 2 heterocycles. The molecule has 2 aromatic carbocycles. The maximum Gasteiger partial charge on any atom is 0.216 e. The third-order valence-electron chi connectivity index (χ3n) is 4.65. The Morgan fingerprint density at radius 1 is 0.889 bits per heavy atom. The van der Waals surface area contributed by atoms with E-state index in [1.54, 1.807) is 24.3 Å². The molecule has 0 spiro atoms. The van der Waals surface area contributed by atoms with Crippen molar-refractivity contribution in [1.29, 1.82) is 0 Å². The molecular weight excluding hydrogens is 336 g/mol. The first-order chi connectivity index (χ1) is 13.2. The lowest BCUT2D eigenvalue weighted by Gasteiger charge is -2.11. The van der Waals surface area contributed by atoms with Crippen molar-refractivity contribution in [3.63, 3.8) is 0 Å². The van der Waals surface area contributed by atoms with E-state index in [0.717, 1.165) is 22.3 Å². The van der Waals surface area contributed by atoms with Crippen molar-refractivity contribution >= 4 is 17.0 Å². The van der Waals surface area contributed by atoms with Crippen molar-refractivity contribution in [2.75, 3.05) is 0 Å². The van der Waals surface area contributed by atoms with Gasteiger partial charge in [0.05, 0.1) is 5.69 Å². The number of hydrogen-bond acceptors (Lipinski definition) is 3. The molecule has 0 saturated heterocycles. The quantitative estimate of drug-likeness (QED) is 0.243. The van der Waals surface area contributed by atoms with Gasteiger partial charge in [-0.25, -0.2) is 0 Å². The average molecular weight is 354 g/mol. The van der Waals surface area contributed by atoms with E-state index in [4.69, 9.17) is 0 Å². The van der Waals surface area contributed by atoms with E-state index in [1.807, 2.05) is 72.0 Å². The van der Waals surface area contributed by atoms with Gasteiger partial charge in [0.1, 0.15) is 0 Å². The number of nitrogens with zero attached hydrogens (tertiary/aromatic N) is 2.